The SMILES string of the molecule is Cc1c(S(=O)(=O)N2C[C@H](C)C[C@@H](C)C2)c(=O)n(C)c(=O)n1C. The van der Waals surface area contributed by atoms with Crippen molar-refractivity contribution < 1.29 is 8.42 Å². The lowest BCUT2D eigenvalue weighted by Crippen LogP contribution is -2.47. The lowest BCUT2D eigenvalue weighted by Gasteiger charge is -2.34. The van der Waals surface area contributed by atoms with E-state index in [2.05, 4.69) is 0 Å². The topological polar surface area (TPSA) is 81.4 Å². The van der Waals surface area contributed by atoms with Gasteiger partial charge in [0.25, 0.3) is 5.56 Å². The van der Waals surface area contributed by atoms with E-state index in [0.717, 1.165) is 11.0 Å². The minimum atomic E-state index is -3.91. The van der Waals surface area contributed by atoms with Crippen LogP contribution in [0.3, 0.4) is 0 Å². The van der Waals surface area contributed by atoms with Gasteiger partial charge in [-0.2, -0.15) is 4.31 Å². The highest BCUT2D eigenvalue weighted by Crippen LogP contribution is 2.26. The van der Waals surface area contributed by atoms with Gasteiger partial charge in [-0.1, -0.05) is 13.8 Å². The average Bonchev–Trinajstić information content (AvgIpc) is 2.42. The van der Waals surface area contributed by atoms with Gasteiger partial charge in [-0.15, -0.1) is 0 Å². The van der Waals surface area contributed by atoms with Crippen LogP contribution < -0.4 is 11.2 Å². The number of sulfonamides is 1. The summed E-state index contributed by atoms with van der Waals surface area (Å²) < 4.78 is 29.3. The van der Waals surface area contributed by atoms with E-state index in [-0.39, 0.29) is 22.4 Å². The standard InChI is InChI=1S/C14H23N3O4S/c1-9-6-10(2)8-17(7-9)22(20,21)12-11(3)15(4)14(19)16(5)13(12)18/h9-10H,6-8H2,1-5H3/t9-,10-/m1/s1. The van der Waals surface area contributed by atoms with Gasteiger partial charge in [-0.25, -0.2) is 13.2 Å². The van der Waals surface area contributed by atoms with Crippen LogP contribution in [0.15, 0.2) is 14.5 Å². The van der Waals surface area contributed by atoms with Gasteiger partial charge in [-0.3, -0.25) is 13.9 Å². The second-order valence-corrected chi connectivity index (χ2v) is 8.26. The summed E-state index contributed by atoms with van der Waals surface area (Å²) in [4.78, 5) is 24.0. The van der Waals surface area contributed by atoms with E-state index in [4.69, 9.17) is 0 Å². The van der Waals surface area contributed by atoms with Crippen LogP contribution in [0.1, 0.15) is 26.0 Å². The summed E-state index contributed by atoms with van der Waals surface area (Å²) in [6.45, 7) is 6.30. The van der Waals surface area contributed by atoms with Crippen LogP contribution in [0.2, 0.25) is 0 Å². The highest BCUT2D eigenvalue weighted by molar-refractivity contribution is 7.89. The van der Waals surface area contributed by atoms with Gasteiger partial charge in [0.1, 0.15) is 0 Å². The molecule has 1 aromatic rings. The van der Waals surface area contributed by atoms with E-state index in [0.29, 0.717) is 13.1 Å². The van der Waals surface area contributed by atoms with E-state index in [1.54, 1.807) is 0 Å². The first kappa shape index (κ1) is 17.0. The van der Waals surface area contributed by atoms with Gasteiger partial charge in [0, 0.05) is 32.9 Å². The van der Waals surface area contributed by atoms with Crippen molar-refractivity contribution in [1.29, 1.82) is 0 Å². The van der Waals surface area contributed by atoms with Gasteiger partial charge in [0.15, 0.2) is 4.90 Å². The fraction of sp³-hybridized carbons (Fsp3) is 0.714. The van der Waals surface area contributed by atoms with E-state index < -0.39 is 21.3 Å². The molecule has 0 spiro atoms. The largest absolute Gasteiger partial charge is 0.330 e. The summed E-state index contributed by atoms with van der Waals surface area (Å²) in [5, 5.41) is 0. The molecule has 0 saturated carbocycles. The van der Waals surface area contributed by atoms with Crippen molar-refractivity contribution in [1.82, 2.24) is 13.4 Å². The first-order valence-electron chi connectivity index (χ1n) is 7.34. The molecule has 0 unspecified atom stereocenters. The molecule has 0 bridgehead atoms. The van der Waals surface area contributed by atoms with Gasteiger partial charge >= 0.3 is 5.69 Å². The van der Waals surface area contributed by atoms with E-state index in [1.807, 2.05) is 13.8 Å². The first-order valence-corrected chi connectivity index (χ1v) is 8.78. The molecule has 2 atom stereocenters. The summed E-state index contributed by atoms with van der Waals surface area (Å²) in [5.74, 6) is 0.491. The molecule has 0 amide bonds. The Morgan fingerprint density at radius 2 is 1.50 bits per heavy atom. The third-order valence-corrected chi connectivity index (χ3v) is 6.30. The minimum Gasteiger partial charge on any atom is -0.300 e. The summed E-state index contributed by atoms with van der Waals surface area (Å²) in [5.41, 5.74) is -1.10. The molecule has 0 aromatic carbocycles. The predicted octanol–water partition coefficient (Wildman–Crippen LogP) is 0.0590. The molecule has 1 aliphatic rings. The van der Waals surface area contributed by atoms with E-state index in [1.165, 1.54) is 29.9 Å². The molecular formula is C14H23N3O4S. The van der Waals surface area contributed by atoms with Crippen LogP contribution in [0.25, 0.3) is 0 Å². The van der Waals surface area contributed by atoms with Crippen molar-refractivity contribution in [3.63, 3.8) is 0 Å². The van der Waals surface area contributed by atoms with Crippen LogP contribution >= 0.6 is 0 Å². The number of rotatable bonds is 2. The molecular weight excluding hydrogens is 306 g/mol. The Balaban J connectivity index is 2.65. The number of aromatic nitrogens is 2. The Bertz CT molecular complexity index is 797. The maximum Gasteiger partial charge on any atom is 0.330 e. The summed E-state index contributed by atoms with van der Waals surface area (Å²) in [6.07, 6.45) is 0.969. The lowest BCUT2D eigenvalue weighted by atomic mass is 9.94. The molecule has 1 fully saturated rings. The summed E-state index contributed by atoms with van der Waals surface area (Å²) in [6, 6.07) is 0. The van der Waals surface area contributed by atoms with Crippen molar-refractivity contribution >= 4 is 10.0 Å². The monoisotopic (exact) mass is 329 g/mol. The lowest BCUT2D eigenvalue weighted by molar-refractivity contribution is 0.222. The molecule has 0 radical (unpaired) electrons. The smallest absolute Gasteiger partial charge is 0.300 e. The zero-order valence-corrected chi connectivity index (χ0v) is 14.5. The molecule has 2 heterocycles. The highest BCUT2D eigenvalue weighted by Gasteiger charge is 2.35. The second kappa shape index (κ2) is 5.66. The summed E-state index contributed by atoms with van der Waals surface area (Å²) >= 11 is 0. The molecule has 1 aliphatic heterocycles. The molecule has 1 saturated heterocycles. The quantitative estimate of drug-likeness (QED) is 0.768. The molecule has 124 valence electrons. The maximum absolute atomic E-state index is 12.9. The molecule has 0 N–H and O–H groups in total. The van der Waals surface area contributed by atoms with Crippen LogP contribution in [-0.2, 0) is 24.1 Å². The Morgan fingerprint density at radius 1 is 1.00 bits per heavy atom. The van der Waals surface area contributed by atoms with Gasteiger partial charge < -0.3 is 0 Å². The Labute approximate surface area is 130 Å². The molecule has 1 aromatic heterocycles. The number of piperidine rings is 1. The molecule has 2 rings (SSSR count). The van der Waals surface area contributed by atoms with E-state index in [9.17, 15) is 18.0 Å². The van der Waals surface area contributed by atoms with E-state index >= 15 is 0 Å². The number of hydrogen-bond acceptors (Lipinski definition) is 4. The van der Waals surface area contributed by atoms with Crippen LogP contribution in [0, 0.1) is 18.8 Å². The number of nitrogens with zero attached hydrogens (tertiary/aromatic N) is 3. The molecule has 0 aliphatic carbocycles. The summed E-state index contributed by atoms with van der Waals surface area (Å²) in [7, 11) is -1.14. The van der Waals surface area contributed by atoms with Crippen LogP contribution in [0.5, 0.6) is 0 Å². The minimum absolute atomic E-state index is 0.180. The van der Waals surface area contributed by atoms with Gasteiger partial charge in [0.2, 0.25) is 10.0 Å². The average molecular weight is 329 g/mol. The first-order chi connectivity index (χ1) is 10.1. The van der Waals surface area contributed by atoms with Crippen molar-refractivity contribution in [2.24, 2.45) is 25.9 Å². The van der Waals surface area contributed by atoms with Crippen molar-refractivity contribution in [3.8, 4) is 0 Å². The fourth-order valence-electron chi connectivity index (χ4n) is 3.14. The molecule has 22 heavy (non-hydrogen) atoms. The van der Waals surface area contributed by atoms with Crippen molar-refractivity contribution in [2.75, 3.05) is 13.1 Å². The Kier molecular flexibility index (Phi) is 4.36. The highest BCUT2D eigenvalue weighted by atomic mass is 32.2. The molecule has 8 heteroatoms. The molecule has 7 nitrogen and oxygen atoms in total. The second-order valence-electron chi connectivity index (χ2n) is 6.39. The zero-order valence-electron chi connectivity index (χ0n) is 13.7. The van der Waals surface area contributed by atoms with Gasteiger partial charge in [0.05, 0.1) is 0 Å². The predicted molar refractivity (Wildman–Crippen MR) is 83.4 cm³/mol. The Morgan fingerprint density at radius 3 is 2.00 bits per heavy atom. The van der Waals surface area contributed by atoms with Crippen LogP contribution in [0.4, 0.5) is 0 Å². The number of hydrogen-bond donors (Lipinski definition) is 0. The Hall–Kier alpha value is -1.41. The van der Waals surface area contributed by atoms with Gasteiger partial charge in [-0.05, 0) is 25.2 Å². The normalized spacial score (nSPS) is 23.7. The fourth-order valence-corrected chi connectivity index (χ4v) is 5.17. The third kappa shape index (κ3) is 2.65. The zero-order chi connectivity index (χ0) is 16.8. The third-order valence-electron chi connectivity index (χ3n) is 4.34. The van der Waals surface area contributed by atoms with Crippen molar-refractivity contribution in [2.45, 2.75) is 32.1 Å². The van der Waals surface area contributed by atoms with Crippen LogP contribution in [-0.4, -0.2) is 34.9 Å². The maximum atomic E-state index is 12.9. The van der Waals surface area contributed by atoms with Crippen molar-refractivity contribution in [3.05, 3.63) is 26.5 Å².